The summed E-state index contributed by atoms with van der Waals surface area (Å²) in [5.74, 6) is -0.740. The molecule has 0 fully saturated rings. The van der Waals surface area contributed by atoms with Gasteiger partial charge in [-0.2, -0.15) is 0 Å². The standard InChI is InChI=1S/C27H28ClN3O5/c1-4-27(35)17-7-21-24-15(10-31(21)25(33)16(17)11-36-26(27)34)23-19(29-9-12(2)32)6-5-14-13(3)18(28)8-20(30-24)22(14)23/h7-8,12,19,29,32,35H,4-6,9-11H2,1-3H3/t12?,19-,27+/m1/s1. The molecule has 8 nitrogen and oxygen atoms in total. The zero-order valence-electron chi connectivity index (χ0n) is 20.4. The van der Waals surface area contributed by atoms with Gasteiger partial charge in [-0.25, -0.2) is 9.78 Å². The van der Waals surface area contributed by atoms with Crippen LogP contribution in [0.3, 0.4) is 0 Å². The van der Waals surface area contributed by atoms with E-state index < -0.39 is 17.7 Å². The summed E-state index contributed by atoms with van der Waals surface area (Å²) in [5.41, 5.74) is 4.66. The lowest BCUT2D eigenvalue weighted by atomic mass is 9.81. The normalized spacial score (nSPS) is 22.7. The van der Waals surface area contributed by atoms with Crippen LogP contribution in [0.2, 0.25) is 5.02 Å². The van der Waals surface area contributed by atoms with Crippen LogP contribution in [0.4, 0.5) is 0 Å². The minimum absolute atomic E-state index is 0.0240. The van der Waals surface area contributed by atoms with Gasteiger partial charge in [-0.05, 0) is 61.9 Å². The lowest BCUT2D eigenvalue weighted by Crippen LogP contribution is -2.44. The quantitative estimate of drug-likeness (QED) is 0.362. The molecule has 1 unspecified atom stereocenters. The highest BCUT2D eigenvalue weighted by Crippen LogP contribution is 2.46. The fourth-order valence-corrected chi connectivity index (χ4v) is 6.29. The van der Waals surface area contributed by atoms with E-state index in [1.54, 1.807) is 24.5 Å². The van der Waals surface area contributed by atoms with Crippen molar-refractivity contribution in [3.05, 3.63) is 60.9 Å². The smallest absolute Gasteiger partial charge is 0.343 e. The number of carbonyl (C=O) groups excluding carboxylic acids is 1. The van der Waals surface area contributed by atoms with Crippen LogP contribution in [0.1, 0.15) is 66.1 Å². The van der Waals surface area contributed by atoms with Gasteiger partial charge >= 0.3 is 5.97 Å². The Morgan fingerprint density at radius 2 is 2.08 bits per heavy atom. The predicted octanol–water partition coefficient (Wildman–Crippen LogP) is 3.00. The molecule has 3 atom stereocenters. The minimum atomic E-state index is -1.87. The number of nitrogens with one attached hydrogen (secondary N) is 1. The molecule has 36 heavy (non-hydrogen) atoms. The highest BCUT2D eigenvalue weighted by Gasteiger charge is 2.45. The van der Waals surface area contributed by atoms with Gasteiger partial charge in [-0.1, -0.05) is 18.5 Å². The van der Waals surface area contributed by atoms with Gasteiger partial charge in [-0.3, -0.25) is 4.79 Å². The highest BCUT2D eigenvalue weighted by molar-refractivity contribution is 6.32. The number of carbonyl (C=O) groups is 1. The molecule has 0 saturated carbocycles. The van der Waals surface area contributed by atoms with Crippen LogP contribution in [-0.4, -0.2) is 38.4 Å². The molecule has 0 saturated heterocycles. The second kappa shape index (κ2) is 8.11. The van der Waals surface area contributed by atoms with Gasteiger partial charge in [0.15, 0.2) is 5.60 Å². The number of hydrogen-bond acceptors (Lipinski definition) is 7. The Balaban J connectivity index is 1.64. The Morgan fingerprint density at radius 1 is 1.31 bits per heavy atom. The van der Waals surface area contributed by atoms with E-state index in [0.29, 0.717) is 40.6 Å². The number of esters is 1. The van der Waals surface area contributed by atoms with E-state index in [1.165, 1.54) is 5.56 Å². The Hall–Kier alpha value is -2.78. The number of cyclic esters (lactones) is 1. The van der Waals surface area contributed by atoms with Crippen molar-refractivity contribution in [2.75, 3.05) is 6.54 Å². The lowest BCUT2D eigenvalue weighted by Gasteiger charge is -2.31. The number of ether oxygens (including phenoxy) is 1. The molecular weight excluding hydrogens is 482 g/mol. The van der Waals surface area contributed by atoms with Crippen LogP contribution in [-0.2, 0) is 34.7 Å². The number of nitrogens with zero attached hydrogens (tertiary/aromatic N) is 2. The van der Waals surface area contributed by atoms with Crippen LogP contribution in [0, 0.1) is 6.92 Å². The maximum atomic E-state index is 13.6. The average molecular weight is 510 g/mol. The third kappa shape index (κ3) is 3.14. The Bertz CT molecular complexity index is 1530. The molecule has 4 heterocycles. The van der Waals surface area contributed by atoms with Gasteiger partial charge in [0.2, 0.25) is 0 Å². The Morgan fingerprint density at radius 3 is 2.81 bits per heavy atom. The predicted molar refractivity (Wildman–Crippen MR) is 135 cm³/mol. The lowest BCUT2D eigenvalue weighted by molar-refractivity contribution is -0.172. The van der Waals surface area contributed by atoms with Gasteiger partial charge < -0.3 is 24.8 Å². The monoisotopic (exact) mass is 509 g/mol. The fourth-order valence-electron chi connectivity index (χ4n) is 6.07. The van der Waals surface area contributed by atoms with Gasteiger partial charge in [0.05, 0.1) is 35.1 Å². The molecule has 1 aromatic carbocycles. The van der Waals surface area contributed by atoms with E-state index in [4.69, 9.17) is 21.3 Å². The van der Waals surface area contributed by atoms with Gasteiger partial charge in [0.25, 0.3) is 5.56 Å². The number of halogens is 1. The first-order valence-electron chi connectivity index (χ1n) is 12.4. The summed E-state index contributed by atoms with van der Waals surface area (Å²) in [7, 11) is 0. The first-order chi connectivity index (χ1) is 17.2. The van der Waals surface area contributed by atoms with Crippen molar-refractivity contribution in [1.29, 1.82) is 0 Å². The maximum absolute atomic E-state index is 13.6. The van der Waals surface area contributed by atoms with Crippen LogP contribution >= 0.6 is 11.6 Å². The van der Waals surface area contributed by atoms with E-state index in [0.717, 1.165) is 40.4 Å². The van der Waals surface area contributed by atoms with Crippen LogP contribution in [0.15, 0.2) is 16.9 Å². The van der Waals surface area contributed by atoms with Gasteiger partial charge in [0, 0.05) is 34.1 Å². The first kappa shape index (κ1) is 23.6. The largest absolute Gasteiger partial charge is 0.458 e. The zero-order valence-corrected chi connectivity index (χ0v) is 21.2. The first-order valence-corrected chi connectivity index (χ1v) is 12.8. The molecule has 2 aliphatic heterocycles. The topological polar surface area (TPSA) is 114 Å². The third-order valence-corrected chi connectivity index (χ3v) is 8.43. The van der Waals surface area contributed by atoms with Gasteiger partial charge in [0.1, 0.15) is 6.61 Å². The summed E-state index contributed by atoms with van der Waals surface area (Å²) in [6.45, 7) is 6.07. The molecule has 6 rings (SSSR count). The number of pyridine rings is 2. The van der Waals surface area contributed by atoms with Crippen molar-refractivity contribution < 1.29 is 19.7 Å². The van der Waals surface area contributed by atoms with Crippen molar-refractivity contribution in [2.45, 2.75) is 70.9 Å². The van der Waals surface area contributed by atoms with Crippen molar-refractivity contribution >= 4 is 28.5 Å². The SMILES string of the molecule is CC[C@@]1(O)C(=O)OCc2c1cc1n(c2=O)Cc2c-1nc1cc(Cl)c(C)c3c1c2[C@H](NCC(C)O)CC3. The average Bonchev–Trinajstić information content (AvgIpc) is 3.22. The second-order valence-corrected chi connectivity index (χ2v) is 10.6. The molecule has 2 aromatic heterocycles. The third-order valence-electron chi connectivity index (χ3n) is 8.04. The van der Waals surface area contributed by atoms with E-state index in [1.807, 2.05) is 13.0 Å². The number of benzene rings is 1. The van der Waals surface area contributed by atoms with Crippen molar-refractivity contribution in [2.24, 2.45) is 0 Å². The number of aliphatic hydroxyl groups is 2. The van der Waals surface area contributed by atoms with Crippen LogP contribution in [0.5, 0.6) is 0 Å². The zero-order chi connectivity index (χ0) is 25.5. The summed E-state index contributed by atoms with van der Waals surface area (Å²) in [6, 6.07) is 3.58. The van der Waals surface area contributed by atoms with Gasteiger partial charge in [-0.15, -0.1) is 0 Å². The molecule has 0 radical (unpaired) electrons. The summed E-state index contributed by atoms with van der Waals surface area (Å²) >= 11 is 6.60. The molecule has 0 amide bonds. The second-order valence-electron chi connectivity index (χ2n) is 10.2. The molecule has 3 aliphatic rings. The summed E-state index contributed by atoms with van der Waals surface area (Å²) in [6.07, 6.45) is 1.25. The summed E-state index contributed by atoms with van der Waals surface area (Å²) in [5, 5.41) is 26.3. The Labute approximate surface area is 212 Å². The molecule has 0 spiro atoms. The molecule has 0 bridgehead atoms. The fraction of sp³-hybridized carbons (Fsp3) is 0.444. The number of hydrogen-bond donors (Lipinski definition) is 3. The minimum Gasteiger partial charge on any atom is -0.458 e. The van der Waals surface area contributed by atoms with Crippen molar-refractivity contribution in [3.8, 4) is 11.4 Å². The van der Waals surface area contributed by atoms with E-state index in [9.17, 15) is 19.8 Å². The van der Waals surface area contributed by atoms with Crippen LogP contribution < -0.4 is 10.9 Å². The molecule has 3 aromatic rings. The number of aliphatic hydroxyl groups excluding tert-OH is 1. The highest BCUT2D eigenvalue weighted by atomic mass is 35.5. The van der Waals surface area contributed by atoms with Crippen LogP contribution in [0.25, 0.3) is 22.3 Å². The number of aryl methyl sites for hydroxylation is 1. The van der Waals surface area contributed by atoms with E-state index in [-0.39, 0.29) is 24.6 Å². The number of fused-ring (bicyclic) bond motifs is 5. The van der Waals surface area contributed by atoms with E-state index in [2.05, 4.69) is 5.32 Å². The molecule has 9 heteroatoms. The summed E-state index contributed by atoms with van der Waals surface area (Å²) < 4.78 is 6.86. The molecule has 1 aliphatic carbocycles. The molecule has 3 N–H and O–H groups in total. The van der Waals surface area contributed by atoms with Crippen molar-refractivity contribution in [3.63, 3.8) is 0 Å². The Kier molecular flexibility index (Phi) is 5.32. The number of aromatic nitrogens is 2. The van der Waals surface area contributed by atoms with E-state index >= 15 is 0 Å². The summed E-state index contributed by atoms with van der Waals surface area (Å²) in [4.78, 5) is 31.1. The number of rotatable bonds is 4. The molecular formula is C27H28ClN3O5. The van der Waals surface area contributed by atoms with Crippen molar-refractivity contribution in [1.82, 2.24) is 14.9 Å². The maximum Gasteiger partial charge on any atom is 0.343 e. The molecule has 188 valence electrons.